The summed E-state index contributed by atoms with van der Waals surface area (Å²) in [6.45, 7) is 6.09. The lowest BCUT2D eigenvalue weighted by Crippen LogP contribution is -2.47. The number of sulfonamides is 1. The second kappa shape index (κ2) is 9.25. The molecule has 0 aromatic carbocycles. The molecule has 30 heavy (non-hydrogen) atoms. The third-order valence-corrected chi connectivity index (χ3v) is 7.36. The number of rotatable bonds is 6. The number of hydrogen-bond acceptors (Lipinski definition) is 8. The van der Waals surface area contributed by atoms with Gasteiger partial charge in [0, 0.05) is 63.8 Å². The number of hydrogen-bond donors (Lipinski definition) is 1. The number of pyridine rings is 2. The zero-order valence-corrected chi connectivity index (χ0v) is 18.0. The number of ether oxygens (including phenoxy) is 1. The lowest BCUT2D eigenvalue weighted by Gasteiger charge is -2.31. The molecule has 0 bridgehead atoms. The fourth-order valence-electron chi connectivity index (χ4n) is 3.63. The van der Waals surface area contributed by atoms with Crippen molar-refractivity contribution in [1.29, 1.82) is 0 Å². The largest absolute Gasteiger partial charge is 0.378 e. The van der Waals surface area contributed by atoms with Crippen molar-refractivity contribution < 1.29 is 13.2 Å². The molecule has 2 aromatic heterocycles. The predicted octanol–water partition coefficient (Wildman–Crippen LogP) is 0.861. The van der Waals surface area contributed by atoms with Crippen LogP contribution in [0.4, 0.5) is 11.6 Å². The van der Waals surface area contributed by atoms with E-state index in [0.29, 0.717) is 38.7 Å². The monoisotopic (exact) mass is 432 g/mol. The van der Waals surface area contributed by atoms with Gasteiger partial charge in [0.05, 0.1) is 13.2 Å². The standard InChI is InChI=1S/C20H28N6O3S/c1-24-7-9-26(10-8-24)30(27,28)18-4-5-19(23-16-18)22-15-17-3-2-6-21-20(17)25-11-13-29-14-12-25/h2-6,16H,7-15H2,1H3,(H,22,23). The highest BCUT2D eigenvalue weighted by atomic mass is 32.2. The molecule has 0 amide bonds. The molecule has 0 spiro atoms. The second-order valence-electron chi connectivity index (χ2n) is 7.53. The molecule has 2 aliphatic rings. The summed E-state index contributed by atoms with van der Waals surface area (Å²) in [4.78, 5) is 13.4. The Morgan fingerprint density at radius 2 is 1.80 bits per heavy atom. The quantitative estimate of drug-likeness (QED) is 0.719. The Morgan fingerprint density at radius 1 is 1.03 bits per heavy atom. The van der Waals surface area contributed by atoms with Crippen molar-refractivity contribution >= 4 is 21.7 Å². The summed E-state index contributed by atoms with van der Waals surface area (Å²) in [6.07, 6.45) is 3.23. The molecule has 0 unspecified atom stereocenters. The molecule has 1 N–H and O–H groups in total. The number of nitrogens with one attached hydrogen (secondary N) is 1. The minimum atomic E-state index is -3.50. The normalized spacial score (nSPS) is 19.0. The van der Waals surface area contributed by atoms with Gasteiger partial charge in [-0.05, 0) is 25.2 Å². The Hall–Kier alpha value is -2.27. The summed E-state index contributed by atoms with van der Waals surface area (Å²) in [5.74, 6) is 1.58. The summed E-state index contributed by atoms with van der Waals surface area (Å²) in [6, 6.07) is 7.29. The molecule has 4 rings (SSSR count). The van der Waals surface area contributed by atoms with Crippen molar-refractivity contribution in [2.45, 2.75) is 11.4 Å². The first-order chi connectivity index (χ1) is 14.5. The Labute approximate surface area is 177 Å². The van der Waals surface area contributed by atoms with Gasteiger partial charge in [0.25, 0.3) is 0 Å². The van der Waals surface area contributed by atoms with E-state index < -0.39 is 10.0 Å². The molecule has 2 aliphatic heterocycles. The predicted molar refractivity (Wildman–Crippen MR) is 115 cm³/mol. The van der Waals surface area contributed by atoms with Crippen molar-refractivity contribution in [2.75, 3.05) is 69.7 Å². The molecule has 0 saturated carbocycles. The van der Waals surface area contributed by atoms with E-state index in [4.69, 9.17) is 4.74 Å². The molecule has 0 aliphatic carbocycles. The molecular formula is C20H28N6O3S. The number of piperazine rings is 1. The zero-order chi connectivity index (χ0) is 21.0. The smallest absolute Gasteiger partial charge is 0.244 e. The van der Waals surface area contributed by atoms with Crippen molar-refractivity contribution in [2.24, 2.45) is 0 Å². The highest BCUT2D eigenvalue weighted by molar-refractivity contribution is 7.89. The fraction of sp³-hybridized carbons (Fsp3) is 0.500. The molecule has 4 heterocycles. The lowest BCUT2D eigenvalue weighted by molar-refractivity contribution is 0.122. The minimum Gasteiger partial charge on any atom is -0.378 e. The summed E-state index contributed by atoms with van der Waals surface area (Å²) in [5, 5.41) is 3.28. The van der Waals surface area contributed by atoms with Gasteiger partial charge >= 0.3 is 0 Å². The van der Waals surface area contributed by atoms with E-state index in [9.17, 15) is 8.42 Å². The number of morpholine rings is 1. The van der Waals surface area contributed by atoms with Gasteiger partial charge in [-0.1, -0.05) is 6.07 Å². The van der Waals surface area contributed by atoms with Gasteiger partial charge in [-0.2, -0.15) is 4.31 Å². The molecule has 2 saturated heterocycles. The second-order valence-corrected chi connectivity index (χ2v) is 9.46. The SMILES string of the molecule is CN1CCN(S(=O)(=O)c2ccc(NCc3cccnc3N3CCOCC3)nc2)CC1. The summed E-state index contributed by atoms with van der Waals surface area (Å²) >= 11 is 0. The topological polar surface area (TPSA) is 90.9 Å². The fourth-order valence-corrected chi connectivity index (χ4v) is 5.00. The summed E-state index contributed by atoms with van der Waals surface area (Å²) in [5.41, 5.74) is 1.07. The highest BCUT2D eigenvalue weighted by Gasteiger charge is 2.27. The van der Waals surface area contributed by atoms with Gasteiger partial charge in [-0.3, -0.25) is 0 Å². The van der Waals surface area contributed by atoms with Crippen LogP contribution in [-0.2, 0) is 21.3 Å². The Kier molecular flexibility index (Phi) is 6.47. The van der Waals surface area contributed by atoms with Crippen molar-refractivity contribution in [3.63, 3.8) is 0 Å². The summed E-state index contributed by atoms with van der Waals surface area (Å²) in [7, 11) is -1.50. The van der Waals surface area contributed by atoms with Crippen LogP contribution < -0.4 is 10.2 Å². The maximum absolute atomic E-state index is 12.8. The van der Waals surface area contributed by atoms with Crippen LogP contribution in [0.2, 0.25) is 0 Å². The summed E-state index contributed by atoms with van der Waals surface area (Å²) < 4.78 is 32.6. The third kappa shape index (κ3) is 4.72. The highest BCUT2D eigenvalue weighted by Crippen LogP contribution is 2.21. The van der Waals surface area contributed by atoms with Crippen molar-refractivity contribution in [3.8, 4) is 0 Å². The van der Waals surface area contributed by atoms with E-state index in [0.717, 1.165) is 37.6 Å². The van der Waals surface area contributed by atoms with E-state index >= 15 is 0 Å². The van der Waals surface area contributed by atoms with Gasteiger partial charge < -0.3 is 19.9 Å². The average Bonchev–Trinajstić information content (AvgIpc) is 2.79. The van der Waals surface area contributed by atoms with Crippen LogP contribution in [0.15, 0.2) is 41.6 Å². The van der Waals surface area contributed by atoms with Crippen LogP contribution in [-0.4, -0.2) is 87.1 Å². The molecule has 0 atom stereocenters. The molecule has 2 aromatic rings. The number of nitrogens with zero attached hydrogens (tertiary/aromatic N) is 5. The van der Waals surface area contributed by atoms with Crippen LogP contribution in [0.1, 0.15) is 5.56 Å². The number of anilines is 2. The van der Waals surface area contributed by atoms with Gasteiger partial charge in [0.1, 0.15) is 16.5 Å². The first-order valence-corrected chi connectivity index (χ1v) is 11.6. The average molecular weight is 433 g/mol. The first kappa shape index (κ1) is 21.0. The van der Waals surface area contributed by atoms with E-state index in [1.165, 1.54) is 10.5 Å². The van der Waals surface area contributed by atoms with Crippen LogP contribution in [0.3, 0.4) is 0 Å². The molecule has 2 fully saturated rings. The zero-order valence-electron chi connectivity index (χ0n) is 17.2. The van der Waals surface area contributed by atoms with Gasteiger partial charge in [-0.15, -0.1) is 0 Å². The maximum atomic E-state index is 12.8. The lowest BCUT2D eigenvalue weighted by atomic mass is 10.2. The first-order valence-electron chi connectivity index (χ1n) is 10.2. The van der Waals surface area contributed by atoms with Crippen LogP contribution in [0, 0.1) is 0 Å². The Bertz CT molecular complexity index is 939. The maximum Gasteiger partial charge on any atom is 0.244 e. The van der Waals surface area contributed by atoms with Crippen LogP contribution in [0.25, 0.3) is 0 Å². The van der Waals surface area contributed by atoms with Crippen molar-refractivity contribution in [3.05, 3.63) is 42.2 Å². The molecule has 0 radical (unpaired) electrons. The number of likely N-dealkylation sites (N-methyl/N-ethyl adjacent to an activating group) is 1. The molecule has 162 valence electrons. The third-order valence-electron chi connectivity index (χ3n) is 5.47. The van der Waals surface area contributed by atoms with Gasteiger partial charge in [0.2, 0.25) is 10.0 Å². The van der Waals surface area contributed by atoms with E-state index in [-0.39, 0.29) is 4.90 Å². The van der Waals surface area contributed by atoms with Gasteiger partial charge in [0.15, 0.2) is 0 Å². The van der Waals surface area contributed by atoms with Crippen LogP contribution >= 0.6 is 0 Å². The van der Waals surface area contributed by atoms with E-state index in [1.807, 2.05) is 19.2 Å². The van der Waals surface area contributed by atoms with E-state index in [2.05, 4.69) is 25.1 Å². The number of aromatic nitrogens is 2. The molecular weight excluding hydrogens is 404 g/mol. The molecule has 9 nitrogen and oxygen atoms in total. The van der Waals surface area contributed by atoms with E-state index in [1.54, 1.807) is 18.3 Å². The van der Waals surface area contributed by atoms with Crippen molar-refractivity contribution in [1.82, 2.24) is 19.2 Å². The Balaban J connectivity index is 1.41. The van der Waals surface area contributed by atoms with Crippen LogP contribution in [0.5, 0.6) is 0 Å². The Morgan fingerprint density at radius 3 is 2.50 bits per heavy atom. The minimum absolute atomic E-state index is 0.230. The molecule has 10 heteroatoms. The van der Waals surface area contributed by atoms with Gasteiger partial charge in [-0.25, -0.2) is 18.4 Å².